The van der Waals surface area contributed by atoms with E-state index in [1.165, 1.54) is 50.5 Å². The molecule has 3 nitrogen and oxygen atoms in total. The van der Waals surface area contributed by atoms with Gasteiger partial charge in [-0.15, -0.1) is 0 Å². The maximum Gasteiger partial charge on any atom is 0.119 e. The number of aryl methyl sites for hydroxylation is 1. The minimum Gasteiger partial charge on any atom is -0.491 e. The largest absolute Gasteiger partial charge is 0.491 e. The molecule has 0 saturated heterocycles. The van der Waals surface area contributed by atoms with Gasteiger partial charge in [0, 0.05) is 0 Å². The second-order valence-electron chi connectivity index (χ2n) is 5.70. The topological polar surface area (TPSA) is 38.7 Å². The van der Waals surface area contributed by atoms with Gasteiger partial charge in [-0.05, 0) is 30.5 Å². The van der Waals surface area contributed by atoms with Gasteiger partial charge < -0.3 is 14.6 Å². The van der Waals surface area contributed by atoms with Crippen molar-refractivity contribution in [1.82, 2.24) is 0 Å². The highest BCUT2D eigenvalue weighted by molar-refractivity contribution is 5.27. The Kier molecular flexibility index (Phi) is 19.2. The fourth-order valence-corrected chi connectivity index (χ4v) is 2.42. The van der Waals surface area contributed by atoms with Gasteiger partial charge >= 0.3 is 0 Å². The third kappa shape index (κ3) is 13.4. The molecule has 0 heterocycles. The highest BCUT2D eigenvalue weighted by Crippen LogP contribution is 2.15. The predicted octanol–water partition coefficient (Wildman–Crippen LogP) is 5.64. The molecular formula is C21H40O3. The summed E-state index contributed by atoms with van der Waals surface area (Å²) >= 11 is 0. The summed E-state index contributed by atoms with van der Waals surface area (Å²) in [5.74, 6) is 0.885. The number of ether oxygens (including phenoxy) is 2. The smallest absolute Gasteiger partial charge is 0.119 e. The van der Waals surface area contributed by atoms with Gasteiger partial charge in [0.15, 0.2) is 0 Å². The van der Waals surface area contributed by atoms with Crippen LogP contribution in [0.3, 0.4) is 0 Å². The van der Waals surface area contributed by atoms with Crippen LogP contribution in [0.1, 0.15) is 72.3 Å². The van der Waals surface area contributed by atoms with Gasteiger partial charge in [-0.1, -0.05) is 72.4 Å². The van der Waals surface area contributed by atoms with Gasteiger partial charge in [-0.2, -0.15) is 0 Å². The third-order valence-electron chi connectivity index (χ3n) is 3.72. The van der Waals surface area contributed by atoms with Gasteiger partial charge in [-0.3, -0.25) is 0 Å². The number of aliphatic hydroxyl groups is 1. The summed E-state index contributed by atoms with van der Waals surface area (Å²) in [4.78, 5) is 0. The third-order valence-corrected chi connectivity index (χ3v) is 3.72. The molecule has 0 radical (unpaired) electrons. The Labute approximate surface area is 150 Å². The van der Waals surface area contributed by atoms with Gasteiger partial charge in [-0.25, -0.2) is 0 Å². The van der Waals surface area contributed by atoms with E-state index in [0.717, 1.165) is 12.2 Å². The summed E-state index contributed by atoms with van der Waals surface area (Å²) in [6.07, 6.45) is 10.6. The molecular weight excluding hydrogens is 300 g/mol. The molecule has 0 amide bonds. The fraction of sp³-hybridized carbons (Fsp3) is 0.714. The van der Waals surface area contributed by atoms with Crippen molar-refractivity contribution in [2.45, 2.75) is 73.1 Å². The molecule has 1 rings (SSSR count). The number of benzene rings is 1. The summed E-state index contributed by atoms with van der Waals surface area (Å²) < 4.78 is 10.7. The van der Waals surface area contributed by atoms with E-state index in [9.17, 15) is 0 Å². The maximum atomic E-state index is 8.59. The number of unbranched alkanes of at least 4 members (excludes halogenated alkanes) is 6. The molecule has 1 N–H and O–H groups in total. The number of hydrogen-bond acceptors (Lipinski definition) is 3. The quantitative estimate of drug-likeness (QED) is 0.445. The van der Waals surface area contributed by atoms with Crippen LogP contribution in [0.15, 0.2) is 24.3 Å². The van der Waals surface area contributed by atoms with E-state index in [0.29, 0.717) is 19.8 Å². The van der Waals surface area contributed by atoms with Crippen molar-refractivity contribution in [3.8, 4) is 5.75 Å². The lowest BCUT2D eigenvalue weighted by atomic mass is 10.0. The van der Waals surface area contributed by atoms with E-state index in [2.05, 4.69) is 19.1 Å². The van der Waals surface area contributed by atoms with E-state index in [4.69, 9.17) is 14.6 Å². The highest BCUT2D eigenvalue weighted by atomic mass is 16.5. The Hall–Kier alpha value is -1.06. The summed E-state index contributed by atoms with van der Waals surface area (Å²) in [5, 5.41) is 8.59. The van der Waals surface area contributed by atoms with Gasteiger partial charge in [0.05, 0.1) is 19.8 Å². The average molecular weight is 341 g/mol. The van der Waals surface area contributed by atoms with Crippen LogP contribution >= 0.6 is 0 Å². The van der Waals surface area contributed by atoms with E-state index >= 15 is 0 Å². The molecule has 0 spiro atoms. The molecule has 0 unspecified atom stereocenters. The Morgan fingerprint density at radius 1 is 0.792 bits per heavy atom. The molecule has 1 aromatic rings. The fourth-order valence-electron chi connectivity index (χ4n) is 2.42. The maximum absolute atomic E-state index is 8.59. The van der Waals surface area contributed by atoms with Crippen LogP contribution in [0.5, 0.6) is 5.75 Å². The van der Waals surface area contributed by atoms with E-state index in [1.54, 1.807) is 0 Å². The van der Waals surface area contributed by atoms with Crippen LogP contribution in [0.2, 0.25) is 0 Å². The molecule has 3 heteroatoms. The Bertz CT molecular complexity index is 349. The Balaban J connectivity index is 0. The number of aliphatic hydroxyl groups excluding tert-OH is 1. The molecule has 0 aromatic heterocycles. The van der Waals surface area contributed by atoms with Crippen molar-refractivity contribution in [2.75, 3.05) is 26.4 Å². The van der Waals surface area contributed by atoms with Crippen molar-refractivity contribution >= 4 is 0 Å². The average Bonchev–Trinajstić information content (AvgIpc) is 2.55. The van der Waals surface area contributed by atoms with E-state index in [1.807, 2.05) is 12.1 Å². The molecule has 0 atom stereocenters. The first-order valence-corrected chi connectivity index (χ1v) is 8.77. The van der Waals surface area contributed by atoms with Gasteiger partial charge in [0.25, 0.3) is 0 Å². The standard InChI is InChI=1S/C19H32O3.2CH4/c1-2-3-4-5-6-7-8-9-18-10-12-19(13-11-18)22-17-16-21-15-14-20;;/h10-13,20H,2-9,14-17H2,1H3;2*1H4. The van der Waals surface area contributed by atoms with Crippen molar-refractivity contribution in [3.63, 3.8) is 0 Å². The zero-order chi connectivity index (χ0) is 15.9. The van der Waals surface area contributed by atoms with Crippen molar-refractivity contribution in [1.29, 1.82) is 0 Å². The minimum absolute atomic E-state index is 0. The van der Waals surface area contributed by atoms with Crippen molar-refractivity contribution < 1.29 is 14.6 Å². The van der Waals surface area contributed by atoms with Crippen molar-refractivity contribution in [3.05, 3.63) is 29.8 Å². The van der Waals surface area contributed by atoms with Crippen LogP contribution in [0.25, 0.3) is 0 Å². The van der Waals surface area contributed by atoms with Crippen LogP contribution in [-0.2, 0) is 11.2 Å². The first-order valence-electron chi connectivity index (χ1n) is 8.77. The van der Waals surface area contributed by atoms with Gasteiger partial charge in [0.1, 0.15) is 12.4 Å². The molecule has 24 heavy (non-hydrogen) atoms. The molecule has 0 saturated carbocycles. The second kappa shape index (κ2) is 18.3. The molecule has 0 aliphatic carbocycles. The summed E-state index contributed by atoms with van der Waals surface area (Å²) in [5.41, 5.74) is 1.39. The second-order valence-corrected chi connectivity index (χ2v) is 5.70. The van der Waals surface area contributed by atoms with Crippen LogP contribution in [-0.4, -0.2) is 31.5 Å². The zero-order valence-electron chi connectivity index (χ0n) is 14.1. The molecule has 0 aliphatic rings. The van der Waals surface area contributed by atoms with Crippen LogP contribution < -0.4 is 4.74 Å². The van der Waals surface area contributed by atoms with Gasteiger partial charge in [0.2, 0.25) is 0 Å². The highest BCUT2D eigenvalue weighted by Gasteiger charge is 1.97. The summed E-state index contributed by atoms with van der Waals surface area (Å²) in [6.45, 7) is 3.74. The summed E-state index contributed by atoms with van der Waals surface area (Å²) in [6, 6.07) is 8.37. The first-order chi connectivity index (χ1) is 10.9. The van der Waals surface area contributed by atoms with E-state index in [-0.39, 0.29) is 21.5 Å². The number of rotatable bonds is 14. The molecule has 1 aromatic carbocycles. The Morgan fingerprint density at radius 3 is 2.04 bits per heavy atom. The Morgan fingerprint density at radius 2 is 1.42 bits per heavy atom. The molecule has 0 aliphatic heterocycles. The summed E-state index contributed by atoms with van der Waals surface area (Å²) in [7, 11) is 0. The molecule has 0 fully saturated rings. The minimum atomic E-state index is 0. The zero-order valence-corrected chi connectivity index (χ0v) is 14.1. The molecule has 0 bridgehead atoms. The lowest BCUT2D eigenvalue weighted by Crippen LogP contribution is -2.09. The predicted molar refractivity (Wildman–Crippen MR) is 105 cm³/mol. The lowest BCUT2D eigenvalue weighted by Gasteiger charge is -2.07. The number of hydrogen-bond donors (Lipinski definition) is 1. The monoisotopic (exact) mass is 340 g/mol. The SMILES string of the molecule is C.C.CCCCCCCCCc1ccc(OCCOCCO)cc1. The van der Waals surface area contributed by atoms with Crippen molar-refractivity contribution in [2.24, 2.45) is 0 Å². The normalized spacial score (nSPS) is 9.92. The molecule has 142 valence electrons. The first kappa shape index (κ1) is 25.2. The van der Waals surface area contributed by atoms with Crippen LogP contribution in [0.4, 0.5) is 0 Å². The lowest BCUT2D eigenvalue weighted by molar-refractivity contribution is 0.0705. The van der Waals surface area contributed by atoms with E-state index < -0.39 is 0 Å². The van der Waals surface area contributed by atoms with Crippen LogP contribution in [0, 0.1) is 0 Å².